The van der Waals surface area contributed by atoms with E-state index in [4.69, 9.17) is 9.47 Å². The third-order valence-corrected chi connectivity index (χ3v) is 8.84. The van der Waals surface area contributed by atoms with E-state index >= 15 is 0 Å². The number of nitrogens with one attached hydrogen (secondary N) is 2. The number of nitrogens with zero attached hydrogens (tertiary/aromatic N) is 4. The second-order valence-corrected chi connectivity index (χ2v) is 11.9. The van der Waals surface area contributed by atoms with Crippen LogP contribution in [0.2, 0.25) is 0 Å². The highest BCUT2D eigenvalue weighted by Crippen LogP contribution is 2.33. The molecule has 9 nitrogen and oxygen atoms in total. The second kappa shape index (κ2) is 13.3. The zero-order valence-electron chi connectivity index (χ0n) is 25.2. The number of thiophene rings is 1. The van der Waals surface area contributed by atoms with E-state index in [2.05, 4.69) is 62.2 Å². The van der Waals surface area contributed by atoms with E-state index in [9.17, 15) is 4.79 Å². The van der Waals surface area contributed by atoms with E-state index in [0.29, 0.717) is 12.1 Å². The van der Waals surface area contributed by atoms with E-state index in [1.807, 2.05) is 48.8 Å². The van der Waals surface area contributed by atoms with Crippen LogP contribution in [0.5, 0.6) is 11.5 Å². The lowest BCUT2D eigenvalue weighted by atomic mass is 9.98. The number of fused-ring (bicyclic) bond motifs is 1. The molecule has 1 aliphatic heterocycles. The molecule has 2 aromatic heterocycles. The molecule has 0 saturated carbocycles. The third-order valence-electron chi connectivity index (χ3n) is 7.99. The van der Waals surface area contributed by atoms with Gasteiger partial charge < -0.3 is 20.1 Å². The summed E-state index contributed by atoms with van der Waals surface area (Å²) in [6.07, 6.45) is 3.90. The number of aryl methyl sites for hydroxylation is 1. The Hall–Kier alpha value is -4.67. The monoisotopic (exact) mass is 608 g/mol. The fraction of sp³-hybridized carbons (Fsp3) is 0.265. The first-order chi connectivity index (χ1) is 21.5. The van der Waals surface area contributed by atoms with Crippen LogP contribution in [0, 0.1) is 6.92 Å². The number of amides is 1. The smallest absolute Gasteiger partial charge is 0.256 e. The molecular formula is C34H36N6O3S. The Morgan fingerprint density at radius 3 is 2.45 bits per heavy atom. The van der Waals surface area contributed by atoms with Gasteiger partial charge in [-0.1, -0.05) is 29.5 Å². The molecule has 10 heteroatoms. The van der Waals surface area contributed by atoms with Crippen molar-refractivity contribution >= 4 is 28.6 Å². The molecule has 0 unspecified atom stereocenters. The zero-order valence-corrected chi connectivity index (χ0v) is 26.0. The summed E-state index contributed by atoms with van der Waals surface area (Å²) < 4.78 is 12.8. The van der Waals surface area contributed by atoms with Gasteiger partial charge in [0.15, 0.2) is 11.5 Å². The molecule has 0 spiro atoms. The molecule has 44 heavy (non-hydrogen) atoms. The van der Waals surface area contributed by atoms with Gasteiger partial charge in [-0.2, -0.15) is 0 Å². The Morgan fingerprint density at radius 2 is 1.73 bits per heavy atom. The zero-order chi connectivity index (χ0) is 30.5. The van der Waals surface area contributed by atoms with Crippen LogP contribution in [0.3, 0.4) is 0 Å². The fourth-order valence-electron chi connectivity index (χ4n) is 5.48. The predicted octanol–water partition coefficient (Wildman–Crippen LogP) is 6.12. The molecule has 2 N–H and O–H groups in total. The van der Waals surface area contributed by atoms with Gasteiger partial charge in [0, 0.05) is 24.5 Å². The number of para-hydroxylation sites is 2. The molecule has 6 rings (SSSR count). The van der Waals surface area contributed by atoms with Crippen molar-refractivity contribution in [1.82, 2.24) is 19.9 Å². The molecule has 1 amide bonds. The first-order valence-electron chi connectivity index (χ1n) is 14.7. The summed E-state index contributed by atoms with van der Waals surface area (Å²) in [5.41, 5.74) is 7.92. The molecule has 0 saturated heterocycles. The van der Waals surface area contributed by atoms with E-state index in [-0.39, 0.29) is 5.91 Å². The largest absolute Gasteiger partial charge is 0.493 e. The number of rotatable bonds is 11. The first-order valence-corrected chi connectivity index (χ1v) is 15.5. The van der Waals surface area contributed by atoms with Crippen LogP contribution in [0.4, 0.5) is 11.4 Å². The summed E-state index contributed by atoms with van der Waals surface area (Å²) in [4.78, 5) is 16.2. The van der Waals surface area contributed by atoms with Gasteiger partial charge in [-0.3, -0.25) is 9.69 Å². The number of hydrogen-bond acceptors (Lipinski definition) is 8. The highest BCUT2D eigenvalue weighted by molar-refractivity contribution is 7.10. The van der Waals surface area contributed by atoms with Gasteiger partial charge in [0.25, 0.3) is 5.91 Å². The van der Waals surface area contributed by atoms with Gasteiger partial charge in [-0.25, -0.2) is 4.68 Å². The van der Waals surface area contributed by atoms with Crippen molar-refractivity contribution in [2.75, 3.05) is 37.9 Å². The molecule has 3 aromatic carbocycles. The molecule has 0 atom stereocenters. The summed E-state index contributed by atoms with van der Waals surface area (Å²) in [6.45, 7) is 5.35. The van der Waals surface area contributed by atoms with Crippen molar-refractivity contribution in [3.05, 3.63) is 111 Å². The maximum absolute atomic E-state index is 12.7. The lowest BCUT2D eigenvalue weighted by molar-refractivity contribution is 0.102. The first kappa shape index (κ1) is 29.4. The fourth-order valence-corrected chi connectivity index (χ4v) is 6.18. The van der Waals surface area contributed by atoms with Crippen LogP contribution in [-0.2, 0) is 25.9 Å². The molecule has 0 aliphatic carbocycles. The quantitative estimate of drug-likeness (QED) is 0.187. The number of methoxy groups -OCH3 is 2. The Labute approximate surface area is 261 Å². The summed E-state index contributed by atoms with van der Waals surface area (Å²) in [7, 11) is 3.37. The minimum atomic E-state index is -0.115. The van der Waals surface area contributed by atoms with Gasteiger partial charge in [-0.15, -0.1) is 16.4 Å². The summed E-state index contributed by atoms with van der Waals surface area (Å²) in [5.74, 6) is 1.47. The number of aromatic nitrogens is 3. The van der Waals surface area contributed by atoms with Gasteiger partial charge in [0.2, 0.25) is 0 Å². The van der Waals surface area contributed by atoms with E-state index in [1.165, 1.54) is 16.7 Å². The van der Waals surface area contributed by atoms with Crippen LogP contribution >= 0.6 is 11.3 Å². The standard InChI is InChI=1S/C34H36N6O3S/c1-23-29(14-17-44-23)34(41)36-31-7-5-4-6-30(31)35-20-27-22-40(38-37-27)28-10-8-24(9-11-28)12-15-39-16-13-25-18-32(42-2)33(43-3)19-26(25)21-39/h4-11,14,17-19,22,35H,12-13,15-16,20-21H2,1-3H3,(H,36,41). The summed E-state index contributed by atoms with van der Waals surface area (Å²) in [5, 5.41) is 17.0. The van der Waals surface area contributed by atoms with E-state index in [0.717, 1.165) is 71.6 Å². The number of benzene rings is 3. The Kier molecular flexibility index (Phi) is 8.90. The van der Waals surface area contributed by atoms with Gasteiger partial charge in [0.1, 0.15) is 5.69 Å². The maximum Gasteiger partial charge on any atom is 0.256 e. The lowest BCUT2D eigenvalue weighted by Gasteiger charge is -2.29. The SMILES string of the molecule is COc1cc2c(cc1OC)CN(CCc1ccc(-n3cc(CNc4ccccc4NC(=O)c4ccsc4C)nn3)cc1)CC2. The second-order valence-electron chi connectivity index (χ2n) is 10.8. The molecule has 226 valence electrons. The Bertz CT molecular complexity index is 1750. The highest BCUT2D eigenvalue weighted by atomic mass is 32.1. The van der Waals surface area contributed by atoms with E-state index < -0.39 is 0 Å². The minimum Gasteiger partial charge on any atom is -0.493 e. The van der Waals surface area contributed by atoms with Gasteiger partial charge in [-0.05, 0) is 84.3 Å². The normalized spacial score (nSPS) is 12.9. The molecule has 3 heterocycles. The number of ether oxygens (including phenoxy) is 2. The molecule has 0 radical (unpaired) electrons. The molecule has 1 aliphatic rings. The molecule has 5 aromatic rings. The van der Waals surface area contributed by atoms with Crippen LogP contribution in [-0.4, -0.2) is 53.1 Å². The third kappa shape index (κ3) is 6.61. The Morgan fingerprint density at radius 1 is 0.977 bits per heavy atom. The number of carbonyl (C=O) groups is 1. The minimum absolute atomic E-state index is 0.115. The molecule has 0 fully saturated rings. The van der Waals surface area contributed by atoms with Crippen molar-refractivity contribution in [1.29, 1.82) is 0 Å². The number of hydrogen-bond donors (Lipinski definition) is 2. The van der Waals surface area contributed by atoms with Crippen LogP contribution in [0.15, 0.2) is 78.3 Å². The van der Waals surface area contributed by atoms with Crippen LogP contribution in [0.1, 0.15) is 37.6 Å². The topological polar surface area (TPSA) is 93.5 Å². The average Bonchev–Trinajstić information content (AvgIpc) is 3.72. The molecule has 0 bridgehead atoms. The predicted molar refractivity (Wildman–Crippen MR) is 174 cm³/mol. The summed E-state index contributed by atoms with van der Waals surface area (Å²) >= 11 is 1.56. The van der Waals surface area contributed by atoms with Crippen LogP contribution < -0.4 is 20.1 Å². The van der Waals surface area contributed by atoms with Crippen molar-refractivity contribution in [2.24, 2.45) is 0 Å². The lowest BCUT2D eigenvalue weighted by Crippen LogP contribution is -2.32. The van der Waals surface area contributed by atoms with Crippen molar-refractivity contribution < 1.29 is 14.3 Å². The van der Waals surface area contributed by atoms with Crippen LogP contribution in [0.25, 0.3) is 5.69 Å². The van der Waals surface area contributed by atoms with Gasteiger partial charge in [0.05, 0.1) is 49.6 Å². The average molecular weight is 609 g/mol. The molecular weight excluding hydrogens is 572 g/mol. The van der Waals surface area contributed by atoms with Crippen molar-refractivity contribution in [2.45, 2.75) is 32.9 Å². The van der Waals surface area contributed by atoms with Gasteiger partial charge >= 0.3 is 0 Å². The van der Waals surface area contributed by atoms with Crippen molar-refractivity contribution in [3.8, 4) is 17.2 Å². The maximum atomic E-state index is 12.7. The Balaban J connectivity index is 1.02. The summed E-state index contributed by atoms with van der Waals surface area (Å²) in [6, 6.07) is 22.2. The van der Waals surface area contributed by atoms with Crippen molar-refractivity contribution in [3.63, 3.8) is 0 Å². The highest BCUT2D eigenvalue weighted by Gasteiger charge is 2.19. The van der Waals surface area contributed by atoms with E-state index in [1.54, 1.807) is 30.2 Å². The number of carbonyl (C=O) groups excluding carboxylic acids is 1. The number of anilines is 2.